The predicted molar refractivity (Wildman–Crippen MR) is 111 cm³/mol. The number of hydrogen-bond acceptors (Lipinski definition) is 8. The van der Waals surface area contributed by atoms with Gasteiger partial charge < -0.3 is 4.90 Å². The first-order valence-electron chi connectivity index (χ1n) is 9.21. The molecule has 0 amide bonds. The van der Waals surface area contributed by atoms with Crippen LogP contribution in [-0.2, 0) is 6.54 Å². The van der Waals surface area contributed by atoms with Gasteiger partial charge in [0.2, 0.25) is 5.65 Å². The Morgan fingerprint density at radius 1 is 1.07 bits per heavy atom. The lowest BCUT2D eigenvalue weighted by molar-refractivity contribution is 0.664. The van der Waals surface area contributed by atoms with E-state index in [9.17, 15) is 0 Å². The summed E-state index contributed by atoms with van der Waals surface area (Å²) >= 11 is 0. The molecule has 4 heterocycles. The van der Waals surface area contributed by atoms with E-state index in [0.717, 1.165) is 22.2 Å². The molecule has 30 heavy (non-hydrogen) atoms. The third-order valence-electron chi connectivity index (χ3n) is 4.80. The largest absolute Gasteiger partial charge is 0.328 e. The zero-order valence-electron chi connectivity index (χ0n) is 16.0. The summed E-state index contributed by atoms with van der Waals surface area (Å²) in [5, 5.41) is 18.5. The molecule has 0 saturated carbocycles. The standard InChI is InChI=1S/C21H15N9/c1-29(17-6-8-23-16(10-17)11-22)19-12-25-20-21(26-19)30(28-27-20)13-14-4-5-18-15(9-14)3-2-7-24-18/h2-10,12H,13H2,1H3. The van der Waals surface area contributed by atoms with Gasteiger partial charge in [-0.2, -0.15) is 5.26 Å². The second-order valence-corrected chi connectivity index (χ2v) is 6.72. The van der Waals surface area contributed by atoms with Gasteiger partial charge in [0, 0.05) is 30.5 Å². The van der Waals surface area contributed by atoms with Crippen LogP contribution in [0.4, 0.5) is 11.5 Å². The van der Waals surface area contributed by atoms with Gasteiger partial charge >= 0.3 is 0 Å². The lowest BCUT2D eigenvalue weighted by Gasteiger charge is -2.17. The van der Waals surface area contributed by atoms with E-state index < -0.39 is 0 Å². The topological polar surface area (TPSA) is 109 Å². The van der Waals surface area contributed by atoms with E-state index >= 15 is 0 Å². The summed E-state index contributed by atoms with van der Waals surface area (Å²) in [5.74, 6) is 0.615. The first-order valence-corrected chi connectivity index (χ1v) is 9.21. The molecule has 5 rings (SSSR count). The van der Waals surface area contributed by atoms with E-state index in [-0.39, 0.29) is 0 Å². The summed E-state index contributed by atoms with van der Waals surface area (Å²) in [6.45, 7) is 0.511. The smallest absolute Gasteiger partial charge is 0.221 e. The molecule has 0 atom stereocenters. The van der Waals surface area contributed by atoms with Crippen molar-refractivity contribution in [3.63, 3.8) is 0 Å². The van der Waals surface area contributed by atoms with Crippen LogP contribution in [0, 0.1) is 11.3 Å². The lowest BCUT2D eigenvalue weighted by Crippen LogP contribution is -2.13. The fourth-order valence-corrected chi connectivity index (χ4v) is 3.23. The van der Waals surface area contributed by atoms with Crippen molar-refractivity contribution in [3.05, 3.63) is 72.3 Å². The monoisotopic (exact) mass is 393 g/mol. The van der Waals surface area contributed by atoms with Crippen LogP contribution in [0.25, 0.3) is 22.2 Å². The maximum Gasteiger partial charge on any atom is 0.221 e. The van der Waals surface area contributed by atoms with Crippen molar-refractivity contribution < 1.29 is 0 Å². The van der Waals surface area contributed by atoms with Crippen molar-refractivity contribution in [1.29, 1.82) is 5.26 Å². The van der Waals surface area contributed by atoms with Gasteiger partial charge in [0.1, 0.15) is 11.8 Å². The van der Waals surface area contributed by atoms with Gasteiger partial charge in [0.25, 0.3) is 0 Å². The zero-order valence-corrected chi connectivity index (χ0v) is 16.0. The Balaban J connectivity index is 1.50. The molecule has 0 aliphatic heterocycles. The van der Waals surface area contributed by atoms with Gasteiger partial charge in [0.15, 0.2) is 11.5 Å². The number of nitrogens with zero attached hydrogens (tertiary/aromatic N) is 9. The number of hydrogen-bond donors (Lipinski definition) is 0. The van der Waals surface area contributed by atoms with Crippen LogP contribution in [0.1, 0.15) is 11.3 Å². The highest BCUT2D eigenvalue weighted by molar-refractivity contribution is 5.79. The molecule has 1 aromatic carbocycles. The highest BCUT2D eigenvalue weighted by Crippen LogP contribution is 2.23. The van der Waals surface area contributed by atoms with E-state index in [0.29, 0.717) is 29.4 Å². The van der Waals surface area contributed by atoms with Gasteiger partial charge in [-0.25, -0.2) is 19.6 Å². The molecule has 9 nitrogen and oxygen atoms in total. The van der Waals surface area contributed by atoms with Crippen LogP contribution < -0.4 is 4.90 Å². The fourth-order valence-electron chi connectivity index (χ4n) is 3.23. The summed E-state index contributed by atoms with van der Waals surface area (Å²) in [5.41, 5.74) is 4.20. The molecule has 0 spiro atoms. The number of fused-ring (bicyclic) bond motifs is 2. The van der Waals surface area contributed by atoms with Crippen LogP contribution >= 0.6 is 0 Å². The second kappa shape index (κ2) is 7.18. The van der Waals surface area contributed by atoms with Gasteiger partial charge in [-0.05, 0) is 35.9 Å². The Morgan fingerprint density at radius 2 is 2.00 bits per heavy atom. The highest BCUT2D eigenvalue weighted by atomic mass is 15.5. The maximum absolute atomic E-state index is 9.09. The number of anilines is 2. The van der Waals surface area contributed by atoms with Crippen molar-refractivity contribution in [3.8, 4) is 6.07 Å². The van der Waals surface area contributed by atoms with E-state index in [2.05, 4.69) is 31.3 Å². The maximum atomic E-state index is 9.09. The van der Waals surface area contributed by atoms with Crippen LogP contribution in [0.5, 0.6) is 0 Å². The van der Waals surface area contributed by atoms with Crippen molar-refractivity contribution in [2.45, 2.75) is 6.54 Å². The minimum absolute atomic E-state index is 0.339. The summed E-state index contributed by atoms with van der Waals surface area (Å²) in [6.07, 6.45) is 5.01. The number of aromatic nitrogens is 7. The minimum atomic E-state index is 0.339. The molecule has 4 aromatic heterocycles. The number of nitriles is 1. The minimum Gasteiger partial charge on any atom is -0.328 e. The summed E-state index contributed by atoms with van der Waals surface area (Å²) in [4.78, 5) is 19.3. The molecule has 9 heteroatoms. The molecule has 0 aliphatic rings. The Hall–Kier alpha value is -4.45. The number of pyridine rings is 2. The third-order valence-corrected chi connectivity index (χ3v) is 4.80. The predicted octanol–water partition coefficient (Wildman–Crippen LogP) is 2.85. The van der Waals surface area contributed by atoms with Gasteiger partial charge in [-0.3, -0.25) is 4.98 Å². The van der Waals surface area contributed by atoms with Crippen molar-refractivity contribution in [2.24, 2.45) is 0 Å². The Kier molecular flexibility index (Phi) is 4.22. The van der Waals surface area contributed by atoms with E-state index in [4.69, 9.17) is 10.2 Å². The second-order valence-electron chi connectivity index (χ2n) is 6.72. The first kappa shape index (κ1) is 17.6. The van der Waals surface area contributed by atoms with Gasteiger partial charge in [-0.1, -0.05) is 17.3 Å². The first-order chi connectivity index (χ1) is 14.7. The fraction of sp³-hybridized carbons (Fsp3) is 0.0952. The quantitative estimate of drug-likeness (QED) is 0.458. The summed E-state index contributed by atoms with van der Waals surface area (Å²) in [7, 11) is 1.86. The summed E-state index contributed by atoms with van der Waals surface area (Å²) < 4.78 is 1.73. The Bertz CT molecular complexity index is 1420. The molecule has 5 aromatic rings. The molecule has 0 fully saturated rings. The molecular formula is C21H15N9. The van der Waals surface area contributed by atoms with Gasteiger partial charge in [0.05, 0.1) is 18.3 Å². The van der Waals surface area contributed by atoms with Crippen LogP contribution in [0.2, 0.25) is 0 Å². The summed E-state index contributed by atoms with van der Waals surface area (Å²) in [6, 6.07) is 15.6. The van der Waals surface area contributed by atoms with Crippen LogP contribution in [0.15, 0.2) is 61.1 Å². The lowest BCUT2D eigenvalue weighted by atomic mass is 10.1. The normalized spacial score (nSPS) is 10.9. The number of rotatable bonds is 4. The van der Waals surface area contributed by atoms with E-state index in [1.807, 2.05) is 48.3 Å². The Labute approximate surface area is 171 Å². The Morgan fingerprint density at radius 3 is 2.90 bits per heavy atom. The molecular weight excluding hydrogens is 378 g/mol. The molecule has 0 bridgehead atoms. The average Bonchev–Trinajstić information content (AvgIpc) is 3.20. The molecule has 0 radical (unpaired) electrons. The highest BCUT2D eigenvalue weighted by Gasteiger charge is 2.13. The SMILES string of the molecule is CN(c1ccnc(C#N)c1)c1cnc2nnn(Cc3ccc4ncccc4c3)c2n1. The van der Waals surface area contributed by atoms with Crippen LogP contribution in [0.3, 0.4) is 0 Å². The molecule has 0 saturated heterocycles. The van der Waals surface area contributed by atoms with Crippen LogP contribution in [-0.4, -0.2) is 42.0 Å². The van der Waals surface area contributed by atoms with E-state index in [1.165, 1.54) is 0 Å². The van der Waals surface area contributed by atoms with Crippen molar-refractivity contribution >= 4 is 33.7 Å². The average molecular weight is 393 g/mol. The molecule has 144 valence electrons. The molecule has 0 N–H and O–H groups in total. The zero-order chi connectivity index (χ0) is 20.5. The third kappa shape index (κ3) is 3.16. The molecule has 0 aliphatic carbocycles. The van der Waals surface area contributed by atoms with E-state index in [1.54, 1.807) is 29.3 Å². The van der Waals surface area contributed by atoms with Gasteiger partial charge in [-0.15, -0.1) is 5.10 Å². The molecule has 0 unspecified atom stereocenters. The number of benzene rings is 1. The van der Waals surface area contributed by atoms with Crippen molar-refractivity contribution in [2.75, 3.05) is 11.9 Å². The van der Waals surface area contributed by atoms with Crippen molar-refractivity contribution in [1.82, 2.24) is 34.9 Å².